The molecule has 2 aromatic rings. The Morgan fingerprint density at radius 2 is 2.04 bits per heavy atom. The van der Waals surface area contributed by atoms with E-state index in [4.69, 9.17) is 16.6 Å². The van der Waals surface area contributed by atoms with Gasteiger partial charge >= 0.3 is 0 Å². The van der Waals surface area contributed by atoms with Crippen molar-refractivity contribution in [3.63, 3.8) is 0 Å². The van der Waals surface area contributed by atoms with Crippen LogP contribution < -0.4 is 10.6 Å². The van der Waals surface area contributed by atoms with Crippen molar-refractivity contribution in [2.75, 3.05) is 6.54 Å². The lowest BCUT2D eigenvalue weighted by molar-refractivity contribution is -0.121. The molecule has 122 valence electrons. The molecule has 1 heterocycles. The number of amides is 2. The van der Waals surface area contributed by atoms with Crippen LogP contribution in [0.3, 0.4) is 0 Å². The van der Waals surface area contributed by atoms with Gasteiger partial charge in [0, 0.05) is 11.6 Å². The Bertz CT molecular complexity index is 774. The van der Waals surface area contributed by atoms with Gasteiger partial charge < -0.3 is 20.0 Å². The number of hydrogen-bond donors (Lipinski definition) is 3. The molecule has 0 unspecified atom stereocenters. The Hall–Kier alpha value is -2.15. The number of fused-ring (bicyclic) bond motifs is 1. The molecule has 1 fully saturated rings. The molecule has 7 heteroatoms. The topological polar surface area (TPSA) is 87.1 Å². The fraction of sp³-hybridized carbons (Fsp3) is 0.438. The van der Waals surface area contributed by atoms with Crippen molar-refractivity contribution in [1.29, 1.82) is 0 Å². The second kappa shape index (κ2) is 6.95. The largest absolute Gasteiger partial charge is 0.429 e. The van der Waals surface area contributed by atoms with E-state index in [0.717, 1.165) is 31.2 Å². The van der Waals surface area contributed by atoms with Gasteiger partial charge in [-0.05, 0) is 43.3 Å². The summed E-state index contributed by atoms with van der Waals surface area (Å²) in [4.78, 5) is 27.2. The van der Waals surface area contributed by atoms with Crippen LogP contribution in [0.5, 0.6) is 0 Å². The van der Waals surface area contributed by atoms with E-state index in [2.05, 4.69) is 15.6 Å². The van der Waals surface area contributed by atoms with Crippen molar-refractivity contribution in [2.24, 2.45) is 0 Å². The Kier molecular flexibility index (Phi) is 4.76. The van der Waals surface area contributed by atoms with Crippen LogP contribution in [0.25, 0.3) is 11.1 Å². The second-order valence-corrected chi connectivity index (χ2v) is 6.18. The zero-order chi connectivity index (χ0) is 16.2. The molecule has 3 N–H and O–H groups in total. The highest BCUT2D eigenvalue weighted by atomic mass is 32.1. The summed E-state index contributed by atoms with van der Waals surface area (Å²) in [6.07, 6.45) is 5.59. The molecular weight excluding hydrogens is 314 g/mol. The van der Waals surface area contributed by atoms with Gasteiger partial charge in [0.25, 0.3) is 10.7 Å². The third-order valence-electron chi connectivity index (χ3n) is 4.06. The standard InChI is InChI=1S/C16H19N3O3S/c20-14(18-11-4-2-1-3-5-11)9-17-15(21)10-6-7-12-13(8-10)22-16(23)19-12/h6-8,11H,1-5,9H2,(H,17,21)(H,18,20)(H,19,23). The molecule has 3 rings (SSSR count). The molecular formula is C16H19N3O3S. The lowest BCUT2D eigenvalue weighted by atomic mass is 9.95. The van der Waals surface area contributed by atoms with E-state index in [9.17, 15) is 9.59 Å². The van der Waals surface area contributed by atoms with Gasteiger partial charge in [-0.1, -0.05) is 19.3 Å². The van der Waals surface area contributed by atoms with Crippen LogP contribution in [0.1, 0.15) is 42.5 Å². The molecule has 1 aliphatic rings. The SMILES string of the molecule is O=C(CNC(=O)c1ccc2[nH]c(=S)oc2c1)NC1CCCCC1. The first-order chi connectivity index (χ1) is 11.1. The number of aromatic nitrogens is 1. The highest BCUT2D eigenvalue weighted by Gasteiger charge is 2.16. The maximum Gasteiger partial charge on any atom is 0.266 e. The summed E-state index contributed by atoms with van der Waals surface area (Å²) in [5.41, 5.74) is 1.69. The number of carbonyl (C=O) groups is 2. The van der Waals surface area contributed by atoms with E-state index in [1.807, 2.05) is 0 Å². The number of hydrogen-bond acceptors (Lipinski definition) is 4. The van der Waals surface area contributed by atoms with Crippen LogP contribution in [0.2, 0.25) is 0 Å². The summed E-state index contributed by atoms with van der Waals surface area (Å²) in [6.45, 7) is -0.0239. The molecule has 0 saturated heterocycles. The van der Waals surface area contributed by atoms with Crippen LogP contribution in [0, 0.1) is 4.84 Å². The maximum atomic E-state index is 12.1. The number of carbonyl (C=O) groups excluding carboxylic acids is 2. The fourth-order valence-electron chi connectivity index (χ4n) is 2.87. The van der Waals surface area contributed by atoms with Gasteiger partial charge in [0.05, 0.1) is 12.1 Å². The van der Waals surface area contributed by atoms with Gasteiger partial charge in [0.2, 0.25) is 5.91 Å². The van der Waals surface area contributed by atoms with Gasteiger partial charge in [0.15, 0.2) is 5.58 Å². The van der Waals surface area contributed by atoms with Crippen molar-refractivity contribution in [3.05, 3.63) is 28.6 Å². The lowest BCUT2D eigenvalue weighted by Gasteiger charge is -2.22. The molecule has 0 aliphatic heterocycles. The minimum atomic E-state index is -0.312. The molecule has 0 bridgehead atoms. The van der Waals surface area contributed by atoms with Gasteiger partial charge in [0.1, 0.15) is 0 Å². The number of benzene rings is 1. The zero-order valence-corrected chi connectivity index (χ0v) is 13.5. The number of oxazole rings is 1. The van der Waals surface area contributed by atoms with E-state index in [0.29, 0.717) is 11.1 Å². The average molecular weight is 333 g/mol. The van der Waals surface area contributed by atoms with Gasteiger partial charge in [-0.3, -0.25) is 9.59 Å². The second-order valence-electron chi connectivity index (χ2n) is 5.81. The van der Waals surface area contributed by atoms with E-state index < -0.39 is 0 Å². The summed E-state index contributed by atoms with van der Waals surface area (Å²) >= 11 is 4.91. The quantitative estimate of drug-likeness (QED) is 0.751. The first-order valence-corrected chi connectivity index (χ1v) is 8.23. The number of aromatic amines is 1. The predicted octanol–water partition coefficient (Wildman–Crippen LogP) is 2.67. The van der Waals surface area contributed by atoms with Crippen molar-refractivity contribution in [2.45, 2.75) is 38.1 Å². The molecule has 1 aromatic carbocycles. The van der Waals surface area contributed by atoms with Crippen LogP contribution in [-0.2, 0) is 4.79 Å². The highest BCUT2D eigenvalue weighted by Crippen LogP contribution is 2.17. The molecule has 1 aliphatic carbocycles. The summed E-state index contributed by atoms with van der Waals surface area (Å²) in [5, 5.41) is 5.60. The molecule has 6 nitrogen and oxygen atoms in total. The Labute approximate surface area is 138 Å². The van der Waals surface area contributed by atoms with E-state index in [1.165, 1.54) is 6.42 Å². The normalized spacial score (nSPS) is 15.5. The summed E-state index contributed by atoms with van der Waals surface area (Å²) in [7, 11) is 0. The first-order valence-electron chi connectivity index (χ1n) is 7.82. The van der Waals surface area contributed by atoms with Crippen LogP contribution >= 0.6 is 12.2 Å². The number of nitrogens with one attached hydrogen (secondary N) is 3. The molecule has 1 saturated carbocycles. The zero-order valence-electron chi connectivity index (χ0n) is 12.7. The fourth-order valence-corrected chi connectivity index (χ4v) is 3.07. The predicted molar refractivity (Wildman–Crippen MR) is 88.7 cm³/mol. The van der Waals surface area contributed by atoms with Crippen molar-refractivity contribution in [3.8, 4) is 0 Å². The Balaban J connectivity index is 1.55. The van der Waals surface area contributed by atoms with Crippen LogP contribution in [0.4, 0.5) is 0 Å². The maximum absolute atomic E-state index is 12.1. The van der Waals surface area contributed by atoms with E-state index in [-0.39, 0.29) is 29.2 Å². The van der Waals surface area contributed by atoms with Gasteiger partial charge in [-0.2, -0.15) is 0 Å². The molecule has 0 atom stereocenters. The van der Waals surface area contributed by atoms with Gasteiger partial charge in [-0.15, -0.1) is 0 Å². The van der Waals surface area contributed by atoms with E-state index >= 15 is 0 Å². The molecule has 23 heavy (non-hydrogen) atoms. The van der Waals surface area contributed by atoms with Crippen molar-refractivity contribution < 1.29 is 14.0 Å². The van der Waals surface area contributed by atoms with Gasteiger partial charge in [-0.25, -0.2) is 0 Å². The van der Waals surface area contributed by atoms with Crippen molar-refractivity contribution in [1.82, 2.24) is 15.6 Å². The smallest absolute Gasteiger partial charge is 0.266 e. The third kappa shape index (κ3) is 3.98. The monoisotopic (exact) mass is 333 g/mol. The summed E-state index contributed by atoms with van der Waals surface area (Å²) < 4.78 is 5.28. The molecule has 0 spiro atoms. The summed E-state index contributed by atoms with van der Waals surface area (Å²) in [5.74, 6) is -0.460. The third-order valence-corrected chi connectivity index (χ3v) is 4.25. The van der Waals surface area contributed by atoms with Crippen LogP contribution in [-0.4, -0.2) is 29.4 Å². The number of H-pyrrole nitrogens is 1. The highest BCUT2D eigenvalue weighted by molar-refractivity contribution is 7.71. The average Bonchev–Trinajstić information content (AvgIpc) is 2.92. The Morgan fingerprint density at radius 1 is 1.26 bits per heavy atom. The molecule has 0 radical (unpaired) electrons. The Morgan fingerprint density at radius 3 is 2.83 bits per heavy atom. The number of rotatable bonds is 4. The lowest BCUT2D eigenvalue weighted by Crippen LogP contribution is -2.42. The minimum absolute atomic E-state index is 0.0239. The first kappa shape index (κ1) is 15.7. The van der Waals surface area contributed by atoms with Crippen molar-refractivity contribution >= 4 is 35.1 Å². The minimum Gasteiger partial charge on any atom is -0.429 e. The molecule has 1 aromatic heterocycles. The summed E-state index contributed by atoms with van der Waals surface area (Å²) in [6, 6.07) is 5.24. The van der Waals surface area contributed by atoms with Crippen LogP contribution in [0.15, 0.2) is 22.6 Å². The molecule has 2 amide bonds. The van der Waals surface area contributed by atoms with E-state index in [1.54, 1.807) is 18.2 Å².